The zero-order chi connectivity index (χ0) is 21.2. The van der Waals surface area contributed by atoms with E-state index in [9.17, 15) is 18.0 Å². The first kappa shape index (κ1) is 20.7. The van der Waals surface area contributed by atoms with Crippen LogP contribution in [0.25, 0.3) is 11.0 Å². The van der Waals surface area contributed by atoms with E-state index in [2.05, 4.69) is 5.32 Å². The number of alkyl halides is 3. The van der Waals surface area contributed by atoms with Crippen molar-refractivity contribution in [1.82, 2.24) is 0 Å². The Morgan fingerprint density at radius 3 is 2.59 bits per heavy atom. The molecule has 1 heterocycles. The maximum Gasteiger partial charge on any atom is 0.418 e. The number of rotatable bonds is 6. The molecule has 0 fully saturated rings. The van der Waals surface area contributed by atoms with Crippen LogP contribution in [0.3, 0.4) is 0 Å². The molecule has 154 valence electrons. The Hall–Kier alpha value is -3.00. The van der Waals surface area contributed by atoms with Gasteiger partial charge in [-0.1, -0.05) is 12.1 Å². The molecule has 0 atom stereocenters. The van der Waals surface area contributed by atoms with E-state index in [1.807, 2.05) is 19.9 Å². The van der Waals surface area contributed by atoms with Gasteiger partial charge >= 0.3 is 11.8 Å². The zero-order valence-corrected chi connectivity index (χ0v) is 15.9. The summed E-state index contributed by atoms with van der Waals surface area (Å²) in [4.78, 5) is 11.9. The summed E-state index contributed by atoms with van der Waals surface area (Å²) < 4.78 is 50.8. The Morgan fingerprint density at radius 2 is 1.90 bits per heavy atom. The van der Waals surface area contributed by atoms with Crippen molar-refractivity contribution in [2.24, 2.45) is 0 Å². The first-order valence-electron chi connectivity index (χ1n) is 8.92. The standard InChI is InChI=1S/C21H20F3NO4/c1-12-3-5-16-14(9-19(27)29-20(16)13(12)2)11-25-18-6-4-15(28-8-7-26)10-17(18)21(22,23)24/h3-6,9-10,25-26H,7-8,11H2,1-2H3. The number of nitrogens with one attached hydrogen (secondary N) is 1. The van der Waals surface area contributed by atoms with Crippen LogP contribution in [-0.2, 0) is 12.7 Å². The highest BCUT2D eigenvalue weighted by molar-refractivity contribution is 5.84. The summed E-state index contributed by atoms with van der Waals surface area (Å²) in [5.41, 5.74) is 1.12. The summed E-state index contributed by atoms with van der Waals surface area (Å²) in [6, 6.07) is 8.46. The van der Waals surface area contributed by atoms with Crippen molar-refractivity contribution in [2.45, 2.75) is 26.6 Å². The quantitative estimate of drug-likeness (QED) is 0.592. The second kappa shape index (κ2) is 8.16. The molecule has 0 spiro atoms. The molecular weight excluding hydrogens is 387 g/mol. The molecule has 0 amide bonds. The molecule has 8 heteroatoms. The minimum atomic E-state index is -4.60. The molecule has 0 radical (unpaired) electrons. The number of ether oxygens (including phenoxy) is 1. The van der Waals surface area contributed by atoms with Crippen LogP contribution in [0.1, 0.15) is 22.3 Å². The van der Waals surface area contributed by atoms with Crippen LogP contribution < -0.4 is 15.7 Å². The molecule has 3 aromatic rings. The Labute approximate surface area is 164 Å². The lowest BCUT2D eigenvalue weighted by Crippen LogP contribution is -2.13. The fourth-order valence-electron chi connectivity index (χ4n) is 3.03. The number of hydrogen-bond acceptors (Lipinski definition) is 5. The smallest absolute Gasteiger partial charge is 0.418 e. The number of aliphatic hydroxyl groups excluding tert-OH is 1. The molecule has 5 nitrogen and oxygen atoms in total. The summed E-state index contributed by atoms with van der Waals surface area (Å²) in [6.07, 6.45) is -4.60. The second-order valence-electron chi connectivity index (χ2n) is 6.61. The third-order valence-electron chi connectivity index (χ3n) is 4.64. The van der Waals surface area contributed by atoms with Gasteiger partial charge in [0.1, 0.15) is 17.9 Å². The highest BCUT2D eigenvalue weighted by Crippen LogP contribution is 2.37. The van der Waals surface area contributed by atoms with Gasteiger partial charge in [-0.3, -0.25) is 0 Å². The molecule has 0 unspecified atom stereocenters. The maximum atomic E-state index is 13.5. The van der Waals surface area contributed by atoms with Crippen molar-refractivity contribution in [3.8, 4) is 5.75 Å². The predicted molar refractivity (Wildman–Crippen MR) is 103 cm³/mol. The fraction of sp³-hybridized carbons (Fsp3) is 0.286. The number of halogens is 3. The first-order valence-corrected chi connectivity index (χ1v) is 8.92. The number of benzene rings is 2. The van der Waals surface area contributed by atoms with Crippen molar-refractivity contribution in [2.75, 3.05) is 18.5 Å². The number of fused-ring (bicyclic) bond motifs is 1. The van der Waals surface area contributed by atoms with Crippen molar-refractivity contribution in [3.05, 3.63) is 69.1 Å². The van der Waals surface area contributed by atoms with E-state index in [1.54, 1.807) is 6.07 Å². The van der Waals surface area contributed by atoms with Crippen LogP contribution in [0.5, 0.6) is 5.75 Å². The minimum Gasteiger partial charge on any atom is -0.491 e. The molecule has 2 aromatic carbocycles. The van der Waals surface area contributed by atoms with Crippen molar-refractivity contribution < 1.29 is 27.4 Å². The first-order chi connectivity index (χ1) is 13.7. The number of aryl methyl sites for hydroxylation is 2. The van der Waals surface area contributed by atoms with Crippen molar-refractivity contribution in [3.63, 3.8) is 0 Å². The monoisotopic (exact) mass is 407 g/mol. The lowest BCUT2D eigenvalue weighted by Gasteiger charge is -2.17. The Morgan fingerprint density at radius 1 is 1.14 bits per heavy atom. The largest absolute Gasteiger partial charge is 0.491 e. The summed E-state index contributed by atoms with van der Waals surface area (Å²) in [5.74, 6) is 0.00818. The molecule has 0 aliphatic carbocycles. The summed E-state index contributed by atoms with van der Waals surface area (Å²) in [6.45, 7) is 3.31. The van der Waals surface area contributed by atoms with Crippen LogP contribution >= 0.6 is 0 Å². The van der Waals surface area contributed by atoms with E-state index < -0.39 is 17.4 Å². The van der Waals surface area contributed by atoms with Gasteiger partial charge in [0.25, 0.3) is 0 Å². The average molecular weight is 407 g/mol. The van der Waals surface area contributed by atoms with E-state index in [4.69, 9.17) is 14.3 Å². The minimum absolute atomic E-state index is 0.00449. The van der Waals surface area contributed by atoms with Gasteiger partial charge in [0.15, 0.2) is 0 Å². The van der Waals surface area contributed by atoms with Crippen molar-refractivity contribution in [1.29, 1.82) is 0 Å². The van der Waals surface area contributed by atoms with Gasteiger partial charge in [0, 0.05) is 23.7 Å². The van der Waals surface area contributed by atoms with Crippen LogP contribution in [0.4, 0.5) is 18.9 Å². The SMILES string of the molecule is Cc1ccc2c(CNc3ccc(OCCO)cc3C(F)(F)F)cc(=O)oc2c1C. The second-order valence-corrected chi connectivity index (χ2v) is 6.61. The van der Waals surface area contributed by atoms with Gasteiger partial charge in [0.2, 0.25) is 0 Å². The predicted octanol–water partition coefficient (Wildman–Crippen LogP) is 4.41. The average Bonchev–Trinajstić information content (AvgIpc) is 2.67. The molecule has 3 rings (SSSR count). The molecule has 1 aromatic heterocycles. The third kappa shape index (κ3) is 4.54. The molecule has 0 aliphatic heterocycles. The van der Waals surface area contributed by atoms with E-state index in [0.29, 0.717) is 16.5 Å². The number of aliphatic hydroxyl groups is 1. The summed E-state index contributed by atoms with van der Waals surface area (Å²) in [7, 11) is 0. The normalized spacial score (nSPS) is 11.7. The topological polar surface area (TPSA) is 71.7 Å². The van der Waals surface area contributed by atoms with Gasteiger partial charge in [-0.15, -0.1) is 0 Å². The van der Waals surface area contributed by atoms with Crippen molar-refractivity contribution >= 4 is 16.7 Å². The van der Waals surface area contributed by atoms with Gasteiger partial charge in [-0.25, -0.2) is 4.79 Å². The van der Waals surface area contributed by atoms with Crippen LogP contribution in [0.15, 0.2) is 45.6 Å². The Bertz CT molecular complexity index is 1090. The zero-order valence-electron chi connectivity index (χ0n) is 15.9. The summed E-state index contributed by atoms with van der Waals surface area (Å²) >= 11 is 0. The van der Waals surface area contributed by atoms with Gasteiger partial charge in [-0.2, -0.15) is 13.2 Å². The lowest BCUT2D eigenvalue weighted by molar-refractivity contribution is -0.137. The summed E-state index contributed by atoms with van der Waals surface area (Å²) in [5, 5.41) is 12.2. The molecule has 2 N–H and O–H groups in total. The molecule has 0 saturated carbocycles. The van der Waals surface area contributed by atoms with E-state index in [0.717, 1.165) is 17.2 Å². The van der Waals surface area contributed by atoms with E-state index >= 15 is 0 Å². The highest BCUT2D eigenvalue weighted by Gasteiger charge is 2.34. The van der Waals surface area contributed by atoms with E-state index in [-0.39, 0.29) is 31.2 Å². The number of anilines is 1. The molecule has 0 bridgehead atoms. The van der Waals surface area contributed by atoms with Crippen LogP contribution in [0.2, 0.25) is 0 Å². The van der Waals surface area contributed by atoms with Gasteiger partial charge in [0.05, 0.1) is 12.2 Å². The Kier molecular flexibility index (Phi) is 5.83. The third-order valence-corrected chi connectivity index (χ3v) is 4.64. The Balaban J connectivity index is 1.96. The highest BCUT2D eigenvalue weighted by atomic mass is 19.4. The fourth-order valence-corrected chi connectivity index (χ4v) is 3.03. The molecule has 0 saturated heterocycles. The van der Waals surface area contributed by atoms with Crippen LogP contribution in [0, 0.1) is 13.8 Å². The molecule has 29 heavy (non-hydrogen) atoms. The van der Waals surface area contributed by atoms with Gasteiger partial charge < -0.3 is 19.6 Å². The molecule has 0 aliphatic rings. The maximum absolute atomic E-state index is 13.5. The van der Waals surface area contributed by atoms with Crippen LogP contribution in [-0.4, -0.2) is 18.3 Å². The van der Waals surface area contributed by atoms with E-state index in [1.165, 1.54) is 18.2 Å². The molecular formula is C21H20F3NO4. The lowest BCUT2D eigenvalue weighted by atomic mass is 10.0. The number of hydrogen-bond donors (Lipinski definition) is 2. The van der Waals surface area contributed by atoms with Gasteiger partial charge in [-0.05, 0) is 48.7 Å².